The zero-order valence-corrected chi connectivity index (χ0v) is 9.08. The van der Waals surface area contributed by atoms with E-state index in [1.807, 2.05) is 24.3 Å². The molecular formula is C12H17F2N. The average molecular weight is 213 g/mol. The van der Waals surface area contributed by atoms with Gasteiger partial charge in [0.15, 0.2) is 0 Å². The Hall–Kier alpha value is -0.960. The van der Waals surface area contributed by atoms with E-state index >= 15 is 0 Å². The Bertz CT molecular complexity index is 310. The normalized spacial score (nSPS) is 13.5. The van der Waals surface area contributed by atoms with Crippen LogP contribution < -0.4 is 5.73 Å². The van der Waals surface area contributed by atoms with Crippen LogP contribution in [-0.4, -0.2) is 12.5 Å². The second-order valence-electron chi connectivity index (χ2n) is 4.10. The van der Waals surface area contributed by atoms with E-state index in [0.717, 1.165) is 11.1 Å². The van der Waals surface area contributed by atoms with Gasteiger partial charge in [-0.3, -0.25) is 0 Å². The summed E-state index contributed by atoms with van der Waals surface area (Å²) < 4.78 is 24.5. The van der Waals surface area contributed by atoms with Crippen LogP contribution in [0.5, 0.6) is 0 Å². The van der Waals surface area contributed by atoms with Crippen molar-refractivity contribution in [1.29, 1.82) is 0 Å². The molecular weight excluding hydrogens is 196 g/mol. The first-order valence-corrected chi connectivity index (χ1v) is 5.13. The van der Waals surface area contributed by atoms with E-state index < -0.39 is 12.5 Å². The highest BCUT2D eigenvalue weighted by Gasteiger charge is 2.15. The van der Waals surface area contributed by atoms with Crippen LogP contribution in [0.15, 0.2) is 24.3 Å². The molecule has 1 rings (SSSR count). The van der Waals surface area contributed by atoms with Gasteiger partial charge in [0.1, 0.15) is 0 Å². The van der Waals surface area contributed by atoms with Crippen molar-refractivity contribution in [2.45, 2.75) is 38.7 Å². The largest absolute Gasteiger partial charge is 0.323 e. The smallest absolute Gasteiger partial charge is 0.253 e. The first-order valence-electron chi connectivity index (χ1n) is 5.13. The first kappa shape index (κ1) is 12.1. The Morgan fingerprint density at radius 3 is 2.47 bits per heavy atom. The summed E-state index contributed by atoms with van der Waals surface area (Å²) in [7, 11) is 0. The molecule has 1 unspecified atom stereocenters. The van der Waals surface area contributed by atoms with E-state index in [4.69, 9.17) is 5.73 Å². The van der Waals surface area contributed by atoms with Gasteiger partial charge in [-0.1, -0.05) is 38.1 Å². The molecule has 0 fully saturated rings. The molecule has 0 aliphatic heterocycles. The lowest BCUT2D eigenvalue weighted by molar-refractivity contribution is 0.116. The molecule has 0 amide bonds. The molecule has 2 N–H and O–H groups in total. The van der Waals surface area contributed by atoms with Crippen LogP contribution in [-0.2, 0) is 6.42 Å². The summed E-state index contributed by atoms with van der Waals surface area (Å²) in [6.45, 7) is 4.15. The first-order chi connectivity index (χ1) is 7.00. The molecule has 0 aromatic heterocycles. The van der Waals surface area contributed by atoms with E-state index in [2.05, 4.69) is 13.8 Å². The molecule has 1 aromatic rings. The molecule has 3 heteroatoms. The van der Waals surface area contributed by atoms with Gasteiger partial charge in [-0.25, -0.2) is 8.78 Å². The van der Waals surface area contributed by atoms with Crippen molar-refractivity contribution in [3.05, 3.63) is 35.4 Å². The minimum atomic E-state index is -2.45. The third-order valence-corrected chi connectivity index (χ3v) is 2.41. The molecule has 0 saturated heterocycles. The molecule has 1 atom stereocenters. The highest BCUT2D eigenvalue weighted by atomic mass is 19.3. The summed E-state index contributed by atoms with van der Waals surface area (Å²) in [5.41, 5.74) is 7.37. The van der Waals surface area contributed by atoms with Crippen molar-refractivity contribution in [3.8, 4) is 0 Å². The quantitative estimate of drug-likeness (QED) is 0.817. The Morgan fingerprint density at radius 1 is 1.27 bits per heavy atom. The van der Waals surface area contributed by atoms with Crippen molar-refractivity contribution in [2.75, 3.05) is 0 Å². The lowest BCUT2D eigenvalue weighted by atomic mass is 9.98. The van der Waals surface area contributed by atoms with Crippen LogP contribution in [0.1, 0.15) is 30.9 Å². The van der Waals surface area contributed by atoms with E-state index in [1.54, 1.807) is 0 Å². The lowest BCUT2D eigenvalue weighted by Gasteiger charge is -2.12. The predicted molar refractivity (Wildman–Crippen MR) is 58.2 cm³/mol. The highest BCUT2D eigenvalue weighted by Crippen LogP contribution is 2.17. The Morgan fingerprint density at radius 2 is 1.93 bits per heavy atom. The average Bonchev–Trinajstić information content (AvgIpc) is 2.18. The molecule has 0 heterocycles. The van der Waals surface area contributed by atoms with Crippen LogP contribution in [0.4, 0.5) is 8.78 Å². The SMILES string of the molecule is CC(C)c1cccc(CC(N)C(F)F)c1. The number of hydrogen-bond acceptors (Lipinski definition) is 1. The third kappa shape index (κ3) is 3.59. The topological polar surface area (TPSA) is 26.0 Å². The zero-order valence-electron chi connectivity index (χ0n) is 9.08. The van der Waals surface area contributed by atoms with Gasteiger partial charge in [-0.15, -0.1) is 0 Å². The second kappa shape index (κ2) is 5.21. The van der Waals surface area contributed by atoms with Gasteiger partial charge in [-0.2, -0.15) is 0 Å². The molecule has 0 bridgehead atoms. The molecule has 0 radical (unpaired) electrons. The molecule has 0 saturated carbocycles. The maximum absolute atomic E-state index is 12.2. The number of hydrogen-bond donors (Lipinski definition) is 1. The Labute approximate surface area is 89.3 Å². The fraction of sp³-hybridized carbons (Fsp3) is 0.500. The lowest BCUT2D eigenvalue weighted by Crippen LogP contribution is -2.30. The molecule has 84 valence electrons. The van der Waals surface area contributed by atoms with Gasteiger partial charge in [0, 0.05) is 0 Å². The van der Waals surface area contributed by atoms with Crippen molar-refractivity contribution in [1.82, 2.24) is 0 Å². The van der Waals surface area contributed by atoms with Crippen LogP contribution in [0.3, 0.4) is 0 Å². The fourth-order valence-corrected chi connectivity index (χ4v) is 1.44. The maximum Gasteiger partial charge on any atom is 0.253 e. The van der Waals surface area contributed by atoms with Gasteiger partial charge >= 0.3 is 0 Å². The molecule has 1 aromatic carbocycles. The summed E-state index contributed by atoms with van der Waals surface area (Å²) in [5.74, 6) is 0.410. The van der Waals surface area contributed by atoms with Crippen LogP contribution in [0, 0.1) is 0 Å². The number of rotatable bonds is 4. The van der Waals surface area contributed by atoms with E-state index in [-0.39, 0.29) is 6.42 Å². The number of nitrogens with two attached hydrogens (primary N) is 1. The van der Waals surface area contributed by atoms with Crippen molar-refractivity contribution < 1.29 is 8.78 Å². The third-order valence-electron chi connectivity index (χ3n) is 2.41. The van der Waals surface area contributed by atoms with Gasteiger partial charge in [0.2, 0.25) is 0 Å². The van der Waals surface area contributed by atoms with E-state index in [1.165, 1.54) is 0 Å². The van der Waals surface area contributed by atoms with Gasteiger partial charge < -0.3 is 5.73 Å². The standard InChI is InChI=1S/C12H17F2N/c1-8(2)10-5-3-4-9(6-10)7-11(15)12(13)14/h3-6,8,11-12H,7,15H2,1-2H3. The molecule has 0 aliphatic carbocycles. The number of benzene rings is 1. The van der Waals surface area contributed by atoms with E-state index in [0.29, 0.717) is 5.92 Å². The van der Waals surface area contributed by atoms with Crippen molar-refractivity contribution in [3.63, 3.8) is 0 Å². The summed E-state index contributed by atoms with van der Waals surface area (Å²) in [5, 5.41) is 0. The summed E-state index contributed by atoms with van der Waals surface area (Å²) in [6.07, 6.45) is -2.22. The zero-order chi connectivity index (χ0) is 11.4. The van der Waals surface area contributed by atoms with Crippen molar-refractivity contribution in [2.24, 2.45) is 5.73 Å². The summed E-state index contributed by atoms with van der Waals surface area (Å²) >= 11 is 0. The highest BCUT2D eigenvalue weighted by molar-refractivity contribution is 5.26. The molecule has 15 heavy (non-hydrogen) atoms. The van der Waals surface area contributed by atoms with Crippen LogP contribution in [0.2, 0.25) is 0 Å². The summed E-state index contributed by atoms with van der Waals surface area (Å²) in [4.78, 5) is 0. The van der Waals surface area contributed by atoms with Crippen LogP contribution in [0.25, 0.3) is 0 Å². The minimum Gasteiger partial charge on any atom is -0.323 e. The van der Waals surface area contributed by atoms with Crippen LogP contribution >= 0.6 is 0 Å². The van der Waals surface area contributed by atoms with Gasteiger partial charge in [0.25, 0.3) is 6.43 Å². The van der Waals surface area contributed by atoms with E-state index in [9.17, 15) is 8.78 Å². The van der Waals surface area contributed by atoms with Gasteiger partial charge in [-0.05, 0) is 23.5 Å². The molecule has 0 aliphatic rings. The molecule has 0 spiro atoms. The number of alkyl halides is 2. The maximum atomic E-state index is 12.2. The van der Waals surface area contributed by atoms with Crippen molar-refractivity contribution >= 4 is 0 Å². The predicted octanol–water partition coefficient (Wildman–Crippen LogP) is 2.94. The number of halogens is 2. The fourth-order valence-electron chi connectivity index (χ4n) is 1.44. The monoisotopic (exact) mass is 213 g/mol. The summed E-state index contributed by atoms with van der Waals surface area (Å²) in [6, 6.07) is 6.62. The minimum absolute atomic E-state index is 0.234. The Balaban J connectivity index is 2.73. The van der Waals surface area contributed by atoms with Gasteiger partial charge in [0.05, 0.1) is 6.04 Å². The second-order valence-corrected chi connectivity index (χ2v) is 4.10. The Kier molecular flexibility index (Phi) is 4.21. The molecule has 1 nitrogen and oxygen atoms in total.